The van der Waals surface area contributed by atoms with Crippen LogP contribution in [0.5, 0.6) is 0 Å². The predicted molar refractivity (Wildman–Crippen MR) is 60.1 cm³/mol. The van der Waals surface area contributed by atoms with Crippen LogP contribution in [0.3, 0.4) is 0 Å². The van der Waals surface area contributed by atoms with Gasteiger partial charge in [0.1, 0.15) is 0 Å². The molecule has 4 heteroatoms. The third-order valence-corrected chi connectivity index (χ3v) is 3.33. The summed E-state index contributed by atoms with van der Waals surface area (Å²) in [6, 6.07) is 3.67. The highest BCUT2D eigenvalue weighted by Crippen LogP contribution is 2.22. The van der Waals surface area contributed by atoms with Gasteiger partial charge in [-0.15, -0.1) is 0 Å². The highest BCUT2D eigenvalue weighted by atomic mass is 127. The molecule has 1 aromatic rings. The Labute approximate surface area is 92.8 Å². The van der Waals surface area contributed by atoms with Crippen molar-refractivity contribution in [3.8, 4) is 0 Å². The minimum absolute atomic E-state index is 0.403. The summed E-state index contributed by atoms with van der Waals surface area (Å²) in [5.41, 5.74) is 6.83. The molecule has 2 nitrogen and oxygen atoms in total. The van der Waals surface area contributed by atoms with Crippen LogP contribution in [0.25, 0.3) is 0 Å². The van der Waals surface area contributed by atoms with Crippen molar-refractivity contribution < 1.29 is 4.79 Å². The first kappa shape index (κ1) is 9.98. The van der Waals surface area contributed by atoms with Crippen molar-refractivity contribution in [3.05, 3.63) is 31.3 Å². The molecule has 0 saturated heterocycles. The fourth-order valence-corrected chi connectivity index (χ4v) is 1.96. The minimum atomic E-state index is -0.403. The van der Waals surface area contributed by atoms with E-state index in [4.69, 9.17) is 5.73 Å². The fourth-order valence-electron chi connectivity index (χ4n) is 0.835. The molecule has 64 valence electrons. The lowest BCUT2D eigenvalue weighted by Gasteiger charge is -2.03. The maximum Gasteiger partial charge on any atom is 0.249 e. The van der Waals surface area contributed by atoms with Gasteiger partial charge in [-0.1, -0.05) is 0 Å². The van der Waals surface area contributed by atoms with Crippen molar-refractivity contribution in [1.82, 2.24) is 0 Å². The number of rotatable bonds is 1. The Morgan fingerprint density at radius 2 is 2.17 bits per heavy atom. The normalized spacial score (nSPS) is 9.92. The second-order valence-corrected chi connectivity index (χ2v) is 4.46. The molecule has 0 bridgehead atoms. The van der Waals surface area contributed by atoms with E-state index >= 15 is 0 Å². The van der Waals surface area contributed by atoms with Crippen LogP contribution in [0, 0.1) is 10.5 Å². The van der Waals surface area contributed by atoms with Crippen LogP contribution in [0.4, 0.5) is 0 Å². The van der Waals surface area contributed by atoms with E-state index in [-0.39, 0.29) is 0 Å². The van der Waals surface area contributed by atoms with Crippen LogP contribution in [0.2, 0.25) is 0 Å². The van der Waals surface area contributed by atoms with E-state index in [9.17, 15) is 4.79 Å². The van der Waals surface area contributed by atoms with Crippen molar-refractivity contribution in [2.75, 3.05) is 0 Å². The second-order valence-electron chi connectivity index (χ2n) is 2.45. The Balaban J connectivity index is 3.33. The zero-order chi connectivity index (χ0) is 9.30. The SMILES string of the molecule is Cc1cc(Br)c(C(N)=O)cc1I. The lowest BCUT2D eigenvalue weighted by Crippen LogP contribution is -2.12. The number of halogens is 2. The smallest absolute Gasteiger partial charge is 0.249 e. The van der Waals surface area contributed by atoms with Gasteiger partial charge in [-0.3, -0.25) is 4.79 Å². The van der Waals surface area contributed by atoms with Gasteiger partial charge in [0.15, 0.2) is 0 Å². The number of hydrogen-bond donors (Lipinski definition) is 1. The molecule has 1 amide bonds. The number of hydrogen-bond acceptors (Lipinski definition) is 1. The summed E-state index contributed by atoms with van der Waals surface area (Å²) in [6.45, 7) is 1.98. The molecule has 2 N–H and O–H groups in total. The Morgan fingerprint density at radius 3 is 2.67 bits per heavy atom. The molecule has 0 aliphatic rings. The van der Waals surface area contributed by atoms with Crippen LogP contribution in [-0.4, -0.2) is 5.91 Å². The highest BCUT2D eigenvalue weighted by molar-refractivity contribution is 14.1. The number of carbonyl (C=O) groups is 1. The molecule has 1 rings (SSSR count). The van der Waals surface area contributed by atoms with Crippen molar-refractivity contribution in [2.45, 2.75) is 6.92 Å². The molecule has 0 fully saturated rings. The summed E-state index contributed by atoms with van der Waals surface area (Å²) >= 11 is 5.45. The van der Waals surface area contributed by atoms with Gasteiger partial charge in [0.05, 0.1) is 5.56 Å². The lowest BCUT2D eigenvalue weighted by atomic mass is 10.1. The molecular formula is C8H7BrINO. The van der Waals surface area contributed by atoms with Gasteiger partial charge >= 0.3 is 0 Å². The van der Waals surface area contributed by atoms with E-state index in [2.05, 4.69) is 38.5 Å². The number of benzene rings is 1. The average Bonchev–Trinajstić information content (AvgIpc) is 1.96. The number of amides is 1. The van der Waals surface area contributed by atoms with Gasteiger partial charge in [0.25, 0.3) is 0 Å². The number of aryl methyl sites for hydroxylation is 1. The van der Waals surface area contributed by atoms with Gasteiger partial charge in [-0.2, -0.15) is 0 Å². The first-order valence-electron chi connectivity index (χ1n) is 3.28. The van der Waals surface area contributed by atoms with Crippen LogP contribution in [0.15, 0.2) is 16.6 Å². The van der Waals surface area contributed by atoms with Crippen molar-refractivity contribution in [1.29, 1.82) is 0 Å². The van der Waals surface area contributed by atoms with E-state index in [1.165, 1.54) is 0 Å². The van der Waals surface area contributed by atoms with Gasteiger partial charge in [0, 0.05) is 8.04 Å². The van der Waals surface area contributed by atoms with Crippen molar-refractivity contribution >= 4 is 44.4 Å². The highest BCUT2D eigenvalue weighted by Gasteiger charge is 2.07. The Hall–Kier alpha value is -0.100. The maximum absolute atomic E-state index is 10.9. The molecule has 0 atom stereocenters. The van der Waals surface area contributed by atoms with Gasteiger partial charge in [0.2, 0.25) is 5.91 Å². The zero-order valence-electron chi connectivity index (χ0n) is 6.40. The first-order chi connectivity index (χ1) is 5.52. The van der Waals surface area contributed by atoms with Crippen LogP contribution >= 0.6 is 38.5 Å². The van der Waals surface area contributed by atoms with Crippen LogP contribution < -0.4 is 5.73 Å². The molecule has 0 radical (unpaired) electrons. The van der Waals surface area contributed by atoms with Gasteiger partial charge < -0.3 is 5.73 Å². The third kappa shape index (κ3) is 1.98. The molecule has 1 aromatic carbocycles. The largest absolute Gasteiger partial charge is 0.366 e. The number of carbonyl (C=O) groups excluding carboxylic acids is 1. The van der Waals surface area contributed by atoms with Crippen LogP contribution in [-0.2, 0) is 0 Å². The Kier molecular flexibility index (Phi) is 3.11. The van der Waals surface area contributed by atoms with E-state index in [0.29, 0.717) is 5.56 Å². The topological polar surface area (TPSA) is 43.1 Å². The van der Waals surface area contributed by atoms with E-state index in [1.807, 2.05) is 13.0 Å². The average molecular weight is 340 g/mol. The summed E-state index contributed by atoms with van der Waals surface area (Å²) in [7, 11) is 0. The Bertz CT molecular complexity index is 338. The standard InChI is InChI=1S/C8H7BrINO/c1-4-2-6(9)5(8(11)12)3-7(4)10/h2-3H,1H3,(H2,11,12). The quantitative estimate of drug-likeness (QED) is 0.785. The predicted octanol–water partition coefficient (Wildman–Crippen LogP) is 2.46. The van der Waals surface area contributed by atoms with E-state index in [0.717, 1.165) is 13.6 Å². The van der Waals surface area contributed by atoms with Gasteiger partial charge in [-0.25, -0.2) is 0 Å². The monoisotopic (exact) mass is 339 g/mol. The Morgan fingerprint density at radius 1 is 1.58 bits per heavy atom. The van der Waals surface area contributed by atoms with E-state index in [1.54, 1.807) is 6.07 Å². The molecule has 0 aromatic heterocycles. The molecule has 0 aliphatic carbocycles. The first-order valence-corrected chi connectivity index (χ1v) is 5.15. The lowest BCUT2D eigenvalue weighted by molar-refractivity contribution is 0.0999. The molecule has 0 saturated carbocycles. The summed E-state index contributed by atoms with van der Waals surface area (Å²) in [4.78, 5) is 10.9. The summed E-state index contributed by atoms with van der Waals surface area (Å²) < 4.78 is 1.80. The number of nitrogens with two attached hydrogens (primary N) is 1. The molecule has 0 heterocycles. The summed E-state index contributed by atoms with van der Waals surface area (Å²) in [5.74, 6) is -0.403. The van der Waals surface area contributed by atoms with Crippen molar-refractivity contribution in [3.63, 3.8) is 0 Å². The maximum atomic E-state index is 10.9. The molecule has 12 heavy (non-hydrogen) atoms. The van der Waals surface area contributed by atoms with Crippen molar-refractivity contribution in [2.24, 2.45) is 5.73 Å². The zero-order valence-corrected chi connectivity index (χ0v) is 10.1. The molecule has 0 spiro atoms. The summed E-state index contributed by atoms with van der Waals surface area (Å²) in [6.07, 6.45) is 0. The minimum Gasteiger partial charge on any atom is -0.366 e. The molecule has 0 unspecified atom stereocenters. The van der Waals surface area contributed by atoms with Crippen LogP contribution in [0.1, 0.15) is 15.9 Å². The van der Waals surface area contributed by atoms with E-state index < -0.39 is 5.91 Å². The molecule has 0 aliphatic heterocycles. The third-order valence-electron chi connectivity index (χ3n) is 1.51. The van der Waals surface area contributed by atoms with Gasteiger partial charge in [-0.05, 0) is 63.1 Å². The summed E-state index contributed by atoms with van der Waals surface area (Å²) in [5, 5.41) is 0. The number of primary amides is 1. The second kappa shape index (κ2) is 3.74. The molecular weight excluding hydrogens is 333 g/mol. The fraction of sp³-hybridized carbons (Fsp3) is 0.125.